The number of aliphatic hydroxyl groups is 8. The van der Waals surface area contributed by atoms with Crippen molar-refractivity contribution in [1.29, 1.82) is 0 Å². The Morgan fingerprint density at radius 3 is 1.44 bits per heavy atom. The Labute approximate surface area is 430 Å². The summed E-state index contributed by atoms with van der Waals surface area (Å²) < 4.78 is 22.5. The van der Waals surface area contributed by atoms with Crippen molar-refractivity contribution < 1.29 is 64.6 Å². The summed E-state index contributed by atoms with van der Waals surface area (Å²) in [4.78, 5) is 13.1. The Bertz CT molecular complexity index is 1330. The summed E-state index contributed by atoms with van der Waals surface area (Å²) in [6, 6.07) is -0.908. The van der Waals surface area contributed by atoms with Crippen molar-refractivity contribution in [2.24, 2.45) is 0 Å². The highest BCUT2D eigenvalue weighted by molar-refractivity contribution is 5.76. The standard InChI is InChI=1S/C57H105NO13/c1-3-5-7-9-10-11-12-13-14-15-16-17-18-19-20-21-22-23-24-25-26-27-28-29-30-31-32-33-34-35-36-37-39-41-49(62)58-45(46(61)40-38-8-6-4-2)44-68-56-54(67)52(65)55(48(43-60)70-56)71-57-53(66)51(64)50(63)47(42-59)69-57/h12-13,15-16,38,40,45-48,50-57,59-61,63-67H,3-11,14,17-37,39,41-44H2,1-2H3,(H,58,62)/b13-12-,16-15-,40-38+. The van der Waals surface area contributed by atoms with Crippen LogP contribution in [0.1, 0.15) is 226 Å². The highest BCUT2D eigenvalue weighted by Crippen LogP contribution is 2.30. The third-order valence-corrected chi connectivity index (χ3v) is 14.1. The first-order valence-electron chi connectivity index (χ1n) is 28.7. The van der Waals surface area contributed by atoms with E-state index in [1.807, 2.05) is 6.08 Å². The van der Waals surface area contributed by atoms with Gasteiger partial charge in [0.2, 0.25) is 5.91 Å². The Kier molecular flexibility index (Phi) is 40.0. The van der Waals surface area contributed by atoms with Crippen LogP contribution in [0.15, 0.2) is 36.5 Å². The monoisotopic (exact) mass is 1010 g/mol. The molecule has 0 radical (unpaired) electrons. The predicted octanol–water partition coefficient (Wildman–Crippen LogP) is 9.05. The summed E-state index contributed by atoms with van der Waals surface area (Å²) >= 11 is 0. The van der Waals surface area contributed by atoms with Gasteiger partial charge in [-0.25, -0.2) is 0 Å². The molecular formula is C57H105NO13. The highest BCUT2D eigenvalue weighted by atomic mass is 16.7. The Balaban J connectivity index is 1.51. The number of nitrogens with one attached hydrogen (secondary N) is 1. The third-order valence-electron chi connectivity index (χ3n) is 14.1. The Morgan fingerprint density at radius 2 is 0.944 bits per heavy atom. The maximum absolute atomic E-state index is 13.1. The first-order chi connectivity index (χ1) is 34.6. The van der Waals surface area contributed by atoms with E-state index in [1.54, 1.807) is 6.08 Å². The average molecular weight is 1010 g/mol. The van der Waals surface area contributed by atoms with E-state index < -0.39 is 86.8 Å². The van der Waals surface area contributed by atoms with Crippen LogP contribution in [0.25, 0.3) is 0 Å². The third kappa shape index (κ3) is 29.8. The fraction of sp³-hybridized carbons (Fsp3) is 0.877. The molecule has 2 saturated heterocycles. The molecule has 9 N–H and O–H groups in total. The molecule has 2 rings (SSSR count). The minimum Gasteiger partial charge on any atom is -0.394 e. The summed E-state index contributed by atoms with van der Waals surface area (Å²) in [5, 5.41) is 86.1. The second-order valence-corrected chi connectivity index (χ2v) is 20.4. The van der Waals surface area contributed by atoms with Crippen LogP contribution >= 0.6 is 0 Å². The van der Waals surface area contributed by atoms with Crippen LogP contribution in [0, 0.1) is 0 Å². The number of amides is 1. The summed E-state index contributed by atoms with van der Waals surface area (Å²) in [5.41, 5.74) is 0. The first kappa shape index (κ1) is 65.3. The van der Waals surface area contributed by atoms with Gasteiger partial charge < -0.3 is 65.1 Å². The molecule has 2 heterocycles. The molecule has 416 valence electrons. The van der Waals surface area contributed by atoms with E-state index in [0.717, 1.165) is 44.9 Å². The van der Waals surface area contributed by atoms with Gasteiger partial charge in [-0.2, -0.15) is 0 Å². The van der Waals surface area contributed by atoms with Crippen molar-refractivity contribution in [2.45, 2.75) is 299 Å². The van der Waals surface area contributed by atoms with Gasteiger partial charge in [0, 0.05) is 6.42 Å². The van der Waals surface area contributed by atoms with Gasteiger partial charge in [0.05, 0.1) is 32.0 Å². The summed E-state index contributed by atoms with van der Waals surface area (Å²) in [7, 11) is 0. The van der Waals surface area contributed by atoms with Crippen molar-refractivity contribution in [3.05, 3.63) is 36.5 Å². The first-order valence-corrected chi connectivity index (χ1v) is 28.7. The van der Waals surface area contributed by atoms with E-state index in [2.05, 4.69) is 43.5 Å². The number of allylic oxidation sites excluding steroid dienone is 5. The second kappa shape index (κ2) is 43.4. The molecule has 0 saturated carbocycles. The summed E-state index contributed by atoms with van der Waals surface area (Å²) in [6.07, 6.45) is 36.0. The van der Waals surface area contributed by atoms with Crippen LogP contribution in [0.3, 0.4) is 0 Å². The SMILES string of the molecule is CCCC/C=C/C(O)C(COC1OC(CO)C(OC2OC(CO)C(O)C(O)C2O)C(O)C1O)NC(=O)CCCCCCCCCCCCCCCCCCCCCCC/C=C\C/C=C\CCCCCCC. The Hall–Kier alpha value is -1.79. The zero-order valence-corrected chi connectivity index (χ0v) is 44.5. The number of carbonyl (C=O) groups is 1. The molecule has 1 amide bonds. The van der Waals surface area contributed by atoms with Gasteiger partial charge in [-0.1, -0.05) is 211 Å². The molecule has 14 heteroatoms. The van der Waals surface area contributed by atoms with Crippen molar-refractivity contribution in [2.75, 3.05) is 19.8 Å². The molecule has 0 aromatic heterocycles. The van der Waals surface area contributed by atoms with Gasteiger partial charge in [-0.05, 0) is 44.9 Å². The van der Waals surface area contributed by atoms with Crippen molar-refractivity contribution >= 4 is 5.91 Å². The molecule has 0 bridgehead atoms. The van der Waals surface area contributed by atoms with Gasteiger partial charge in [0.25, 0.3) is 0 Å². The number of carbonyl (C=O) groups excluding carboxylic acids is 1. The van der Waals surface area contributed by atoms with Crippen molar-refractivity contribution in [3.8, 4) is 0 Å². The molecule has 14 nitrogen and oxygen atoms in total. The van der Waals surface area contributed by atoms with Crippen LogP contribution in [0.5, 0.6) is 0 Å². The van der Waals surface area contributed by atoms with Crippen LogP contribution in [0.2, 0.25) is 0 Å². The predicted molar refractivity (Wildman–Crippen MR) is 281 cm³/mol. The molecule has 2 aliphatic rings. The van der Waals surface area contributed by atoms with Crippen LogP contribution < -0.4 is 5.32 Å². The van der Waals surface area contributed by atoms with Gasteiger partial charge in [0.1, 0.15) is 48.8 Å². The van der Waals surface area contributed by atoms with E-state index >= 15 is 0 Å². The Morgan fingerprint density at radius 1 is 0.507 bits per heavy atom. The lowest BCUT2D eigenvalue weighted by molar-refractivity contribution is -0.359. The van der Waals surface area contributed by atoms with E-state index in [9.17, 15) is 45.6 Å². The molecule has 12 unspecified atom stereocenters. The van der Waals surface area contributed by atoms with Gasteiger partial charge >= 0.3 is 0 Å². The van der Waals surface area contributed by atoms with E-state index in [1.165, 1.54) is 154 Å². The average Bonchev–Trinajstić information content (AvgIpc) is 3.37. The number of rotatable bonds is 45. The van der Waals surface area contributed by atoms with Gasteiger partial charge in [-0.3, -0.25) is 4.79 Å². The number of ether oxygens (including phenoxy) is 4. The molecule has 2 aliphatic heterocycles. The van der Waals surface area contributed by atoms with Crippen LogP contribution in [-0.2, 0) is 23.7 Å². The highest BCUT2D eigenvalue weighted by Gasteiger charge is 2.51. The van der Waals surface area contributed by atoms with Crippen molar-refractivity contribution in [1.82, 2.24) is 5.32 Å². The second-order valence-electron chi connectivity index (χ2n) is 20.4. The van der Waals surface area contributed by atoms with Gasteiger partial charge in [0.15, 0.2) is 12.6 Å². The largest absolute Gasteiger partial charge is 0.394 e. The fourth-order valence-corrected chi connectivity index (χ4v) is 9.37. The smallest absolute Gasteiger partial charge is 0.220 e. The number of unbranched alkanes of at least 4 members (excludes halogenated alkanes) is 28. The number of hydrogen-bond acceptors (Lipinski definition) is 13. The molecule has 0 aromatic rings. The van der Waals surface area contributed by atoms with E-state index in [-0.39, 0.29) is 18.9 Å². The lowest BCUT2D eigenvalue weighted by Gasteiger charge is -2.46. The normalized spacial score (nSPS) is 26.0. The minimum absolute atomic E-state index is 0.247. The lowest BCUT2D eigenvalue weighted by Crippen LogP contribution is -2.65. The molecular weight excluding hydrogens is 907 g/mol. The van der Waals surface area contributed by atoms with Crippen LogP contribution in [0.4, 0.5) is 0 Å². The van der Waals surface area contributed by atoms with E-state index in [4.69, 9.17) is 18.9 Å². The quantitative estimate of drug-likeness (QED) is 0.0205. The fourth-order valence-electron chi connectivity index (χ4n) is 9.37. The van der Waals surface area contributed by atoms with Crippen LogP contribution in [-0.4, -0.2) is 140 Å². The molecule has 71 heavy (non-hydrogen) atoms. The molecule has 0 aromatic carbocycles. The maximum Gasteiger partial charge on any atom is 0.220 e. The molecule has 2 fully saturated rings. The summed E-state index contributed by atoms with van der Waals surface area (Å²) in [6.45, 7) is 2.62. The van der Waals surface area contributed by atoms with Crippen molar-refractivity contribution in [3.63, 3.8) is 0 Å². The lowest BCUT2D eigenvalue weighted by atomic mass is 9.97. The van der Waals surface area contributed by atoms with E-state index in [0.29, 0.717) is 6.42 Å². The zero-order chi connectivity index (χ0) is 51.7. The number of hydrogen-bond donors (Lipinski definition) is 9. The molecule has 12 atom stereocenters. The maximum atomic E-state index is 13.1. The van der Waals surface area contributed by atoms with Gasteiger partial charge in [-0.15, -0.1) is 0 Å². The molecule has 0 aliphatic carbocycles. The topological polar surface area (TPSA) is 228 Å². The summed E-state index contributed by atoms with van der Waals surface area (Å²) in [5.74, 6) is -0.247. The molecule has 0 spiro atoms. The number of aliphatic hydroxyl groups excluding tert-OH is 8. The zero-order valence-electron chi connectivity index (χ0n) is 44.5. The minimum atomic E-state index is -1.78.